The molecule has 0 bridgehead atoms. The second-order valence-electron chi connectivity index (χ2n) is 8.11. The van der Waals surface area contributed by atoms with Gasteiger partial charge in [-0.05, 0) is 57.4 Å². The van der Waals surface area contributed by atoms with Crippen LogP contribution in [0, 0.1) is 6.92 Å². The quantitative estimate of drug-likeness (QED) is 0.659. The van der Waals surface area contributed by atoms with Gasteiger partial charge in [-0.2, -0.15) is 0 Å². The number of thiazole rings is 1. The van der Waals surface area contributed by atoms with Crippen LogP contribution in [0.5, 0.6) is 11.5 Å². The van der Waals surface area contributed by atoms with E-state index in [1.165, 1.54) is 11.3 Å². The molecule has 2 heterocycles. The Morgan fingerprint density at radius 2 is 1.80 bits per heavy atom. The number of rotatable bonds is 7. The molecule has 2 fully saturated rings. The molecule has 0 atom stereocenters. The average Bonchev–Trinajstić information content (AvgIpc) is 3.53. The van der Waals surface area contributed by atoms with Crippen molar-refractivity contribution in [3.8, 4) is 22.1 Å². The van der Waals surface area contributed by atoms with Gasteiger partial charge in [0, 0.05) is 30.7 Å². The molecule has 6 nitrogen and oxygen atoms in total. The topological polar surface area (TPSA) is 54.9 Å². The Balaban J connectivity index is 1.58. The fourth-order valence-electron chi connectivity index (χ4n) is 4.30. The molecule has 0 radical (unpaired) electrons. The Kier molecular flexibility index (Phi) is 6.29. The molecule has 0 spiro atoms. The number of aryl methyl sites for hydroxylation is 1. The smallest absolute Gasteiger partial charge is 0.266 e. The van der Waals surface area contributed by atoms with Crippen molar-refractivity contribution in [2.75, 3.05) is 33.9 Å². The van der Waals surface area contributed by atoms with Crippen LogP contribution in [-0.4, -0.2) is 66.6 Å². The molecule has 30 heavy (non-hydrogen) atoms. The van der Waals surface area contributed by atoms with E-state index < -0.39 is 0 Å². The molecule has 162 valence electrons. The molecular formula is C23H31N3O3S. The van der Waals surface area contributed by atoms with Crippen LogP contribution < -0.4 is 9.47 Å². The van der Waals surface area contributed by atoms with Crippen molar-refractivity contribution in [1.82, 2.24) is 14.8 Å². The number of piperidine rings is 1. The average molecular weight is 430 g/mol. The fourth-order valence-corrected chi connectivity index (χ4v) is 5.31. The van der Waals surface area contributed by atoms with Gasteiger partial charge < -0.3 is 19.3 Å². The highest BCUT2D eigenvalue weighted by atomic mass is 32.1. The lowest BCUT2D eigenvalue weighted by molar-refractivity contribution is 0.0558. The van der Waals surface area contributed by atoms with Crippen LogP contribution in [0.4, 0.5) is 0 Å². The zero-order chi connectivity index (χ0) is 21.3. The Labute approximate surface area is 182 Å². The number of nitrogens with zero attached hydrogens (tertiary/aromatic N) is 3. The molecular weight excluding hydrogens is 398 g/mol. The molecule has 1 aromatic carbocycles. The third-order valence-corrected chi connectivity index (χ3v) is 7.39. The number of ether oxygens (including phenoxy) is 2. The lowest BCUT2D eigenvalue weighted by Crippen LogP contribution is -2.48. The molecule has 4 rings (SSSR count). The molecule has 1 aliphatic heterocycles. The predicted molar refractivity (Wildman–Crippen MR) is 120 cm³/mol. The van der Waals surface area contributed by atoms with Crippen molar-refractivity contribution >= 4 is 17.2 Å². The van der Waals surface area contributed by atoms with Gasteiger partial charge in [0.2, 0.25) is 0 Å². The van der Waals surface area contributed by atoms with Crippen LogP contribution in [0.25, 0.3) is 10.6 Å². The van der Waals surface area contributed by atoms with Crippen molar-refractivity contribution in [2.24, 2.45) is 0 Å². The molecule has 0 N–H and O–H groups in total. The molecule has 1 saturated carbocycles. The number of benzene rings is 1. The minimum atomic E-state index is 0.161. The number of carbonyl (C=O) groups is 1. The molecule has 2 aliphatic rings. The summed E-state index contributed by atoms with van der Waals surface area (Å²) in [7, 11) is 3.25. The molecule has 1 amide bonds. The van der Waals surface area contributed by atoms with E-state index in [9.17, 15) is 4.79 Å². The number of hydrogen-bond acceptors (Lipinski definition) is 6. The summed E-state index contributed by atoms with van der Waals surface area (Å²) in [5.74, 6) is 1.51. The highest BCUT2D eigenvalue weighted by Crippen LogP contribution is 2.38. The maximum absolute atomic E-state index is 13.6. The minimum Gasteiger partial charge on any atom is -0.493 e. The zero-order valence-electron chi connectivity index (χ0n) is 18.3. The summed E-state index contributed by atoms with van der Waals surface area (Å²) in [5.41, 5.74) is 1.75. The highest BCUT2D eigenvalue weighted by Gasteiger charge is 2.40. The Morgan fingerprint density at radius 1 is 1.13 bits per heavy atom. The van der Waals surface area contributed by atoms with Crippen molar-refractivity contribution < 1.29 is 14.3 Å². The van der Waals surface area contributed by atoms with Crippen LogP contribution in [-0.2, 0) is 0 Å². The number of amides is 1. The van der Waals surface area contributed by atoms with Gasteiger partial charge in [-0.15, -0.1) is 11.3 Å². The van der Waals surface area contributed by atoms with Crippen LogP contribution in [0.3, 0.4) is 0 Å². The summed E-state index contributed by atoms with van der Waals surface area (Å²) in [6.45, 7) is 7.40. The van der Waals surface area contributed by atoms with Crippen molar-refractivity contribution in [3.05, 3.63) is 28.8 Å². The van der Waals surface area contributed by atoms with E-state index in [1.54, 1.807) is 14.2 Å². The normalized spacial score (nSPS) is 17.7. The summed E-state index contributed by atoms with van der Waals surface area (Å²) in [4.78, 5) is 23.8. The van der Waals surface area contributed by atoms with E-state index in [4.69, 9.17) is 14.5 Å². The van der Waals surface area contributed by atoms with E-state index in [1.807, 2.05) is 25.1 Å². The molecule has 2 aromatic rings. The fraction of sp³-hybridized carbons (Fsp3) is 0.565. The third-order valence-electron chi connectivity index (χ3n) is 6.19. The summed E-state index contributed by atoms with van der Waals surface area (Å²) < 4.78 is 10.8. The Hall–Kier alpha value is -2.12. The molecule has 1 aliphatic carbocycles. The van der Waals surface area contributed by atoms with Gasteiger partial charge in [-0.25, -0.2) is 4.98 Å². The second kappa shape index (κ2) is 8.94. The third kappa shape index (κ3) is 4.18. The number of aromatic nitrogens is 1. The van der Waals surface area contributed by atoms with Gasteiger partial charge in [0.05, 0.1) is 19.9 Å². The van der Waals surface area contributed by atoms with Crippen molar-refractivity contribution in [1.29, 1.82) is 0 Å². The summed E-state index contributed by atoms with van der Waals surface area (Å²) >= 11 is 1.49. The maximum atomic E-state index is 13.6. The van der Waals surface area contributed by atoms with E-state index in [0.29, 0.717) is 23.6 Å². The van der Waals surface area contributed by atoms with Crippen LogP contribution >= 0.6 is 11.3 Å². The lowest BCUT2D eigenvalue weighted by atomic mass is 10.0. The number of hydrogen-bond donors (Lipinski definition) is 0. The van der Waals surface area contributed by atoms with Gasteiger partial charge in [0.1, 0.15) is 9.88 Å². The van der Waals surface area contributed by atoms with E-state index in [0.717, 1.165) is 66.5 Å². The standard InChI is InChI=1S/C23H31N3O3S/c1-5-25-12-10-18(11-13-25)26(17-7-8-17)23(27)21-15(2)24-22(30-21)16-6-9-19(28-3)20(14-16)29-4/h6,9,14,17-18H,5,7-8,10-13H2,1-4H3. The first-order valence-electron chi connectivity index (χ1n) is 10.8. The number of carbonyl (C=O) groups excluding carboxylic acids is 1. The van der Waals surface area contributed by atoms with Crippen molar-refractivity contribution in [3.63, 3.8) is 0 Å². The Morgan fingerprint density at radius 3 is 2.40 bits per heavy atom. The molecule has 7 heteroatoms. The molecule has 1 aromatic heterocycles. The summed E-state index contributed by atoms with van der Waals surface area (Å²) in [6, 6.07) is 6.52. The molecule has 1 saturated heterocycles. The predicted octanol–water partition coefficient (Wildman–Crippen LogP) is 4.22. The first-order chi connectivity index (χ1) is 14.5. The SMILES string of the molecule is CCN1CCC(N(C(=O)c2sc(-c3ccc(OC)c(OC)c3)nc2C)C2CC2)CC1. The van der Waals surface area contributed by atoms with Gasteiger partial charge in [-0.1, -0.05) is 6.92 Å². The first-order valence-corrected chi connectivity index (χ1v) is 11.6. The summed E-state index contributed by atoms with van der Waals surface area (Å²) in [6.07, 6.45) is 4.38. The van der Waals surface area contributed by atoms with E-state index >= 15 is 0 Å². The minimum absolute atomic E-state index is 0.161. The van der Waals surface area contributed by atoms with Crippen LogP contribution in [0.2, 0.25) is 0 Å². The van der Waals surface area contributed by atoms with Crippen LogP contribution in [0.1, 0.15) is 48.0 Å². The number of likely N-dealkylation sites (tertiary alicyclic amines) is 1. The monoisotopic (exact) mass is 429 g/mol. The van der Waals surface area contributed by atoms with Gasteiger partial charge >= 0.3 is 0 Å². The highest BCUT2D eigenvalue weighted by molar-refractivity contribution is 7.17. The summed E-state index contributed by atoms with van der Waals surface area (Å²) in [5, 5.41) is 0.841. The second-order valence-corrected chi connectivity index (χ2v) is 9.11. The zero-order valence-corrected chi connectivity index (χ0v) is 19.1. The van der Waals surface area contributed by atoms with Crippen molar-refractivity contribution in [2.45, 2.75) is 51.6 Å². The largest absolute Gasteiger partial charge is 0.493 e. The van der Waals surface area contributed by atoms with Gasteiger partial charge in [-0.3, -0.25) is 4.79 Å². The van der Waals surface area contributed by atoms with Gasteiger partial charge in [0.15, 0.2) is 11.5 Å². The van der Waals surface area contributed by atoms with E-state index in [-0.39, 0.29) is 5.91 Å². The molecule has 0 unspecified atom stereocenters. The Bertz CT molecular complexity index is 901. The van der Waals surface area contributed by atoms with Gasteiger partial charge in [0.25, 0.3) is 5.91 Å². The lowest BCUT2D eigenvalue weighted by Gasteiger charge is -2.38. The maximum Gasteiger partial charge on any atom is 0.266 e. The van der Waals surface area contributed by atoms with E-state index in [2.05, 4.69) is 16.7 Å². The first kappa shape index (κ1) is 21.1. The van der Waals surface area contributed by atoms with Crippen LogP contribution in [0.15, 0.2) is 18.2 Å². The number of methoxy groups -OCH3 is 2.